The molecule has 0 bridgehead atoms. The van der Waals surface area contributed by atoms with Crippen LogP contribution in [-0.2, 0) is 11.3 Å². The summed E-state index contributed by atoms with van der Waals surface area (Å²) in [6.45, 7) is 3.64. The van der Waals surface area contributed by atoms with E-state index in [1.165, 1.54) is 0 Å². The van der Waals surface area contributed by atoms with Crippen LogP contribution in [0.15, 0.2) is 48.5 Å². The van der Waals surface area contributed by atoms with E-state index in [-0.39, 0.29) is 17.9 Å². The molecular formula is C20H23N3O4. The molecule has 1 fully saturated rings. The van der Waals surface area contributed by atoms with Gasteiger partial charge in [0, 0.05) is 31.9 Å². The van der Waals surface area contributed by atoms with Crippen molar-refractivity contribution < 1.29 is 19.4 Å². The number of aromatic carboxylic acids is 1. The minimum absolute atomic E-state index is 0.0445. The zero-order chi connectivity index (χ0) is 19.2. The number of carboxylic acids is 1. The van der Waals surface area contributed by atoms with E-state index >= 15 is 0 Å². The first kappa shape index (κ1) is 18.7. The van der Waals surface area contributed by atoms with Gasteiger partial charge in [0.05, 0.1) is 11.3 Å². The Bertz CT molecular complexity index is 802. The summed E-state index contributed by atoms with van der Waals surface area (Å²) >= 11 is 0. The Morgan fingerprint density at radius 3 is 2.44 bits per heavy atom. The predicted molar refractivity (Wildman–Crippen MR) is 103 cm³/mol. The molecular weight excluding hydrogens is 346 g/mol. The average molecular weight is 369 g/mol. The highest BCUT2D eigenvalue weighted by Crippen LogP contribution is 2.24. The Morgan fingerprint density at radius 2 is 1.78 bits per heavy atom. The first-order valence-corrected chi connectivity index (χ1v) is 8.81. The van der Waals surface area contributed by atoms with Gasteiger partial charge in [-0.2, -0.15) is 0 Å². The van der Waals surface area contributed by atoms with Crippen LogP contribution in [0.5, 0.6) is 0 Å². The van der Waals surface area contributed by atoms with Crippen LogP contribution < -0.4 is 10.2 Å². The summed E-state index contributed by atoms with van der Waals surface area (Å²) < 4.78 is 5.17. The third kappa shape index (κ3) is 4.98. The molecule has 0 atom stereocenters. The van der Waals surface area contributed by atoms with Crippen molar-refractivity contribution in [3.63, 3.8) is 0 Å². The second kappa shape index (κ2) is 8.55. The maximum absolute atomic E-state index is 12.0. The van der Waals surface area contributed by atoms with Crippen molar-refractivity contribution in [1.82, 2.24) is 4.90 Å². The highest BCUT2D eigenvalue weighted by atomic mass is 16.5. The van der Waals surface area contributed by atoms with Gasteiger partial charge in [0.15, 0.2) is 0 Å². The number of carbonyl (C=O) groups excluding carboxylic acids is 1. The van der Waals surface area contributed by atoms with Gasteiger partial charge in [0.2, 0.25) is 0 Å². The number of benzene rings is 2. The fourth-order valence-corrected chi connectivity index (χ4v) is 2.95. The molecule has 1 aliphatic heterocycles. The SMILES string of the molecule is CN1CCN(c2ccc(NC(=O)OCc3ccccc3)c(C(=O)O)c2)CC1. The third-order valence-electron chi connectivity index (χ3n) is 4.55. The molecule has 0 unspecified atom stereocenters. The minimum atomic E-state index is -1.09. The number of piperazine rings is 1. The summed E-state index contributed by atoms with van der Waals surface area (Å²) in [6.07, 6.45) is -0.686. The number of amides is 1. The van der Waals surface area contributed by atoms with Crippen LogP contribution in [0.1, 0.15) is 15.9 Å². The van der Waals surface area contributed by atoms with Gasteiger partial charge in [0.1, 0.15) is 6.61 Å². The van der Waals surface area contributed by atoms with Crippen LogP contribution in [0.3, 0.4) is 0 Å². The zero-order valence-corrected chi connectivity index (χ0v) is 15.2. The van der Waals surface area contributed by atoms with Gasteiger partial charge in [0.25, 0.3) is 0 Å². The molecule has 2 aromatic carbocycles. The predicted octanol–water partition coefficient (Wildman–Crippen LogP) is 2.89. The van der Waals surface area contributed by atoms with Crippen LogP contribution in [0.2, 0.25) is 0 Å². The highest BCUT2D eigenvalue weighted by Gasteiger charge is 2.19. The monoisotopic (exact) mass is 369 g/mol. The molecule has 0 radical (unpaired) electrons. The van der Waals surface area contributed by atoms with Crippen LogP contribution in [0.4, 0.5) is 16.2 Å². The molecule has 0 aromatic heterocycles. The van der Waals surface area contributed by atoms with Crippen LogP contribution in [-0.4, -0.2) is 55.3 Å². The third-order valence-corrected chi connectivity index (χ3v) is 4.55. The van der Waals surface area contributed by atoms with Crippen LogP contribution in [0, 0.1) is 0 Å². The lowest BCUT2D eigenvalue weighted by Crippen LogP contribution is -2.44. The van der Waals surface area contributed by atoms with E-state index in [0.29, 0.717) is 0 Å². The Labute approximate surface area is 158 Å². The van der Waals surface area contributed by atoms with Crippen LogP contribution in [0.25, 0.3) is 0 Å². The number of nitrogens with one attached hydrogen (secondary N) is 1. The molecule has 0 aliphatic carbocycles. The van der Waals surface area contributed by atoms with Crippen molar-refractivity contribution in [3.05, 3.63) is 59.7 Å². The van der Waals surface area contributed by atoms with E-state index in [0.717, 1.165) is 37.4 Å². The number of hydrogen-bond donors (Lipinski definition) is 2. The van der Waals surface area contributed by atoms with Crippen molar-refractivity contribution in [2.75, 3.05) is 43.4 Å². The number of anilines is 2. The molecule has 7 nitrogen and oxygen atoms in total. The first-order valence-electron chi connectivity index (χ1n) is 8.81. The summed E-state index contributed by atoms with van der Waals surface area (Å²) in [5.74, 6) is -1.09. The van der Waals surface area contributed by atoms with E-state index < -0.39 is 12.1 Å². The maximum atomic E-state index is 12.0. The summed E-state index contributed by atoms with van der Waals surface area (Å²) in [7, 11) is 2.06. The average Bonchev–Trinajstić information content (AvgIpc) is 2.68. The molecule has 142 valence electrons. The molecule has 2 aromatic rings. The Balaban J connectivity index is 1.67. The number of rotatable bonds is 5. The molecule has 1 heterocycles. The molecule has 1 aliphatic rings. The minimum Gasteiger partial charge on any atom is -0.478 e. The highest BCUT2D eigenvalue weighted by molar-refractivity contribution is 5.99. The molecule has 27 heavy (non-hydrogen) atoms. The Hall–Kier alpha value is -3.06. The maximum Gasteiger partial charge on any atom is 0.411 e. The number of ether oxygens (including phenoxy) is 1. The van der Waals surface area contributed by atoms with Crippen LogP contribution >= 0.6 is 0 Å². The number of carbonyl (C=O) groups is 2. The quantitative estimate of drug-likeness (QED) is 0.843. The lowest BCUT2D eigenvalue weighted by atomic mass is 10.1. The summed E-state index contributed by atoms with van der Waals surface area (Å²) in [4.78, 5) is 28.1. The molecule has 1 amide bonds. The normalized spacial score (nSPS) is 14.6. The topological polar surface area (TPSA) is 82.1 Å². The molecule has 7 heteroatoms. The van der Waals surface area contributed by atoms with Gasteiger partial charge in [-0.15, -0.1) is 0 Å². The van der Waals surface area contributed by atoms with Gasteiger partial charge < -0.3 is 19.6 Å². The van der Waals surface area contributed by atoms with Gasteiger partial charge in [-0.3, -0.25) is 5.32 Å². The van der Waals surface area contributed by atoms with Crippen molar-refractivity contribution in [2.24, 2.45) is 0 Å². The van der Waals surface area contributed by atoms with Crippen molar-refractivity contribution in [1.29, 1.82) is 0 Å². The number of carboxylic acid groups (broad SMARTS) is 1. The lowest BCUT2D eigenvalue weighted by molar-refractivity contribution is 0.0698. The van der Waals surface area contributed by atoms with E-state index in [1.807, 2.05) is 36.4 Å². The first-order chi connectivity index (χ1) is 13.0. The Morgan fingerprint density at radius 1 is 1.07 bits per heavy atom. The molecule has 2 N–H and O–H groups in total. The van der Waals surface area contributed by atoms with E-state index in [9.17, 15) is 14.7 Å². The van der Waals surface area contributed by atoms with Crippen molar-refractivity contribution >= 4 is 23.4 Å². The van der Waals surface area contributed by atoms with Gasteiger partial charge >= 0.3 is 12.1 Å². The fraction of sp³-hybridized carbons (Fsp3) is 0.300. The second-order valence-electron chi connectivity index (χ2n) is 6.51. The smallest absolute Gasteiger partial charge is 0.411 e. The van der Waals surface area contributed by atoms with Crippen molar-refractivity contribution in [3.8, 4) is 0 Å². The molecule has 0 spiro atoms. The van der Waals surface area contributed by atoms with E-state index in [4.69, 9.17) is 4.74 Å². The summed E-state index contributed by atoms with van der Waals surface area (Å²) in [6, 6.07) is 14.3. The van der Waals surface area contributed by atoms with Gasteiger partial charge in [-0.05, 0) is 30.8 Å². The number of nitrogens with zero attached hydrogens (tertiary/aromatic N) is 2. The molecule has 1 saturated heterocycles. The lowest BCUT2D eigenvalue weighted by Gasteiger charge is -2.34. The summed E-state index contributed by atoms with van der Waals surface area (Å²) in [5.41, 5.74) is 1.96. The molecule has 0 saturated carbocycles. The standard InChI is InChI=1S/C20H23N3O4/c1-22-9-11-23(12-10-22)16-7-8-18(17(13-16)19(24)25)21-20(26)27-14-15-5-3-2-4-6-15/h2-8,13H,9-12,14H2,1H3,(H,21,26)(H,24,25). The zero-order valence-electron chi connectivity index (χ0n) is 15.2. The largest absolute Gasteiger partial charge is 0.478 e. The van der Waals surface area contributed by atoms with E-state index in [1.54, 1.807) is 12.1 Å². The second-order valence-corrected chi connectivity index (χ2v) is 6.51. The van der Waals surface area contributed by atoms with Gasteiger partial charge in [-0.1, -0.05) is 30.3 Å². The summed E-state index contributed by atoms with van der Waals surface area (Å²) in [5, 5.41) is 12.1. The fourth-order valence-electron chi connectivity index (χ4n) is 2.95. The number of likely N-dealkylation sites (N-methyl/N-ethyl adjacent to an activating group) is 1. The molecule has 3 rings (SSSR count). The van der Waals surface area contributed by atoms with E-state index in [2.05, 4.69) is 22.2 Å². The van der Waals surface area contributed by atoms with Gasteiger partial charge in [-0.25, -0.2) is 9.59 Å². The number of hydrogen-bond acceptors (Lipinski definition) is 5. The van der Waals surface area contributed by atoms with Crippen molar-refractivity contribution in [2.45, 2.75) is 6.61 Å². The Kier molecular flexibility index (Phi) is 5.93.